The maximum atomic E-state index is 14.5. The zero-order chi connectivity index (χ0) is 22.9. The van der Waals surface area contributed by atoms with Crippen molar-refractivity contribution in [2.45, 2.75) is 6.92 Å². The van der Waals surface area contributed by atoms with Crippen LogP contribution >= 0.6 is 11.6 Å². The van der Waals surface area contributed by atoms with E-state index in [0.717, 1.165) is 16.6 Å². The van der Waals surface area contributed by atoms with Gasteiger partial charge in [0.15, 0.2) is 0 Å². The van der Waals surface area contributed by atoms with Crippen LogP contribution in [-0.4, -0.2) is 42.0 Å². The second-order valence-electron chi connectivity index (χ2n) is 8.29. The van der Waals surface area contributed by atoms with Crippen molar-refractivity contribution in [1.29, 1.82) is 0 Å². The number of carbonyl (C=O) groups excluding carboxylic acids is 1. The first-order chi connectivity index (χ1) is 16.0. The average molecular weight is 460 g/mol. The van der Waals surface area contributed by atoms with Crippen LogP contribution < -0.4 is 4.90 Å². The number of aryl methyl sites for hydroxylation is 1. The van der Waals surface area contributed by atoms with Gasteiger partial charge in [-0.1, -0.05) is 47.5 Å². The second-order valence-corrected chi connectivity index (χ2v) is 8.69. The molecular formula is C27H23ClFN3O. The molecule has 6 heteroatoms. The molecule has 0 aliphatic carbocycles. The van der Waals surface area contributed by atoms with Crippen LogP contribution in [0.4, 0.5) is 10.1 Å². The van der Waals surface area contributed by atoms with Gasteiger partial charge in [-0.15, -0.1) is 0 Å². The summed E-state index contributed by atoms with van der Waals surface area (Å²) in [5, 5.41) is 1.50. The van der Waals surface area contributed by atoms with Crippen LogP contribution in [-0.2, 0) is 0 Å². The molecule has 1 amide bonds. The Morgan fingerprint density at radius 3 is 2.42 bits per heavy atom. The van der Waals surface area contributed by atoms with Gasteiger partial charge in [0.05, 0.1) is 27.5 Å². The summed E-state index contributed by atoms with van der Waals surface area (Å²) in [6.45, 7) is 4.53. The Hall–Kier alpha value is -3.44. The molecule has 5 rings (SSSR count). The molecule has 4 nitrogen and oxygen atoms in total. The van der Waals surface area contributed by atoms with E-state index in [4.69, 9.17) is 11.6 Å². The van der Waals surface area contributed by atoms with Gasteiger partial charge < -0.3 is 9.80 Å². The van der Waals surface area contributed by atoms with Gasteiger partial charge in [0.1, 0.15) is 5.82 Å². The number of hydrogen-bond acceptors (Lipinski definition) is 3. The Morgan fingerprint density at radius 1 is 0.939 bits per heavy atom. The molecular weight excluding hydrogens is 437 g/mol. The quantitative estimate of drug-likeness (QED) is 0.379. The van der Waals surface area contributed by atoms with Crippen LogP contribution in [0, 0.1) is 12.7 Å². The molecule has 1 aromatic heterocycles. The average Bonchev–Trinajstić information content (AvgIpc) is 2.84. The second kappa shape index (κ2) is 8.83. The largest absolute Gasteiger partial charge is 0.367 e. The van der Waals surface area contributed by atoms with E-state index < -0.39 is 0 Å². The van der Waals surface area contributed by atoms with Crippen molar-refractivity contribution in [2.75, 3.05) is 31.1 Å². The lowest BCUT2D eigenvalue weighted by Gasteiger charge is -2.36. The summed E-state index contributed by atoms with van der Waals surface area (Å²) < 4.78 is 14.5. The molecule has 0 N–H and O–H groups in total. The molecule has 0 saturated carbocycles. The smallest absolute Gasteiger partial charge is 0.254 e. The van der Waals surface area contributed by atoms with Crippen molar-refractivity contribution in [2.24, 2.45) is 0 Å². The Morgan fingerprint density at radius 2 is 1.67 bits per heavy atom. The number of piperazine rings is 1. The van der Waals surface area contributed by atoms with Crippen LogP contribution in [0.1, 0.15) is 15.9 Å². The molecule has 4 aromatic rings. The summed E-state index contributed by atoms with van der Waals surface area (Å²) in [4.78, 5) is 22.4. The fourth-order valence-electron chi connectivity index (χ4n) is 4.35. The van der Waals surface area contributed by atoms with Crippen LogP contribution in [0.5, 0.6) is 0 Å². The Bertz CT molecular complexity index is 1350. The molecule has 1 aliphatic heterocycles. The molecule has 0 unspecified atom stereocenters. The molecule has 166 valence electrons. The van der Waals surface area contributed by atoms with E-state index in [2.05, 4.69) is 9.88 Å². The topological polar surface area (TPSA) is 36.4 Å². The van der Waals surface area contributed by atoms with E-state index in [0.29, 0.717) is 53.5 Å². The van der Waals surface area contributed by atoms with Gasteiger partial charge in [-0.05, 0) is 49.4 Å². The van der Waals surface area contributed by atoms with E-state index in [-0.39, 0.29) is 11.7 Å². The van der Waals surface area contributed by atoms with Crippen molar-refractivity contribution < 1.29 is 9.18 Å². The number of benzene rings is 3. The summed E-state index contributed by atoms with van der Waals surface area (Å²) in [6.07, 6.45) is 0. The van der Waals surface area contributed by atoms with E-state index in [9.17, 15) is 9.18 Å². The van der Waals surface area contributed by atoms with Gasteiger partial charge in [0, 0.05) is 37.1 Å². The molecule has 33 heavy (non-hydrogen) atoms. The SMILES string of the molecule is Cc1ccc2nc(-c3ccccc3F)cc(C(=O)N3CCN(c4ccccc4Cl)CC3)c2c1. The number of amides is 1. The first-order valence-electron chi connectivity index (χ1n) is 11.0. The molecule has 0 radical (unpaired) electrons. The number of halogens is 2. The number of nitrogens with zero attached hydrogens (tertiary/aromatic N) is 3. The maximum Gasteiger partial charge on any atom is 0.254 e. The number of aromatic nitrogens is 1. The number of fused-ring (bicyclic) bond motifs is 1. The van der Waals surface area contributed by atoms with Crippen LogP contribution in [0.15, 0.2) is 72.8 Å². The lowest BCUT2D eigenvalue weighted by molar-refractivity contribution is 0.0748. The van der Waals surface area contributed by atoms with E-state index in [1.165, 1.54) is 6.07 Å². The first kappa shape index (κ1) is 21.4. The summed E-state index contributed by atoms with van der Waals surface area (Å²) in [5.74, 6) is -0.424. The summed E-state index contributed by atoms with van der Waals surface area (Å²) in [7, 11) is 0. The van der Waals surface area contributed by atoms with Gasteiger partial charge in [0.2, 0.25) is 0 Å². The molecule has 1 saturated heterocycles. The van der Waals surface area contributed by atoms with Crippen molar-refractivity contribution in [3.05, 3.63) is 94.8 Å². The van der Waals surface area contributed by atoms with Gasteiger partial charge in [-0.2, -0.15) is 0 Å². The third-order valence-electron chi connectivity index (χ3n) is 6.10. The van der Waals surface area contributed by atoms with Crippen molar-refractivity contribution in [1.82, 2.24) is 9.88 Å². The van der Waals surface area contributed by atoms with Gasteiger partial charge in [-0.3, -0.25) is 4.79 Å². The van der Waals surface area contributed by atoms with E-state index in [1.807, 2.05) is 54.3 Å². The number of hydrogen-bond donors (Lipinski definition) is 0. The molecule has 3 aromatic carbocycles. The van der Waals surface area contributed by atoms with Gasteiger partial charge >= 0.3 is 0 Å². The molecule has 0 bridgehead atoms. The van der Waals surface area contributed by atoms with Gasteiger partial charge in [-0.25, -0.2) is 9.37 Å². The normalized spacial score (nSPS) is 14.0. The van der Waals surface area contributed by atoms with Gasteiger partial charge in [0.25, 0.3) is 5.91 Å². The van der Waals surface area contributed by atoms with E-state index in [1.54, 1.807) is 24.3 Å². The minimum Gasteiger partial charge on any atom is -0.367 e. The van der Waals surface area contributed by atoms with Crippen LogP contribution in [0.25, 0.3) is 22.2 Å². The highest BCUT2D eigenvalue weighted by Crippen LogP contribution is 2.30. The molecule has 1 aliphatic rings. The number of carbonyl (C=O) groups is 1. The zero-order valence-corrected chi connectivity index (χ0v) is 19.0. The highest BCUT2D eigenvalue weighted by molar-refractivity contribution is 6.33. The van der Waals surface area contributed by atoms with Crippen molar-refractivity contribution in [3.8, 4) is 11.3 Å². The molecule has 2 heterocycles. The lowest BCUT2D eigenvalue weighted by Crippen LogP contribution is -2.49. The maximum absolute atomic E-state index is 14.5. The third kappa shape index (κ3) is 4.16. The minimum atomic E-state index is -0.358. The van der Waals surface area contributed by atoms with Crippen molar-refractivity contribution in [3.63, 3.8) is 0 Å². The fraction of sp³-hybridized carbons (Fsp3) is 0.185. The lowest BCUT2D eigenvalue weighted by atomic mass is 10.0. The highest BCUT2D eigenvalue weighted by Gasteiger charge is 2.25. The molecule has 1 fully saturated rings. The Labute approximate surface area is 197 Å². The highest BCUT2D eigenvalue weighted by atomic mass is 35.5. The fourth-order valence-corrected chi connectivity index (χ4v) is 4.61. The number of pyridine rings is 1. The first-order valence-corrected chi connectivity index (χ1v) is 11.3. The zero-order valence-electron chi connectivity index (χ0n) is 18.3. The number of anilines is 1. The number of rotatable bonds is 3. The summed E-state index contributed by atoms with van der Waals surface area (Å²) >= 11 is 6.36. The summed E-state index contributed by atoms with van der Waals surface area (Å²) in [5.41, 5.74) is 4.10. The Balaban J connectivity index is 1.49. The summed E-state index contributed by atoms with van der Waals surface area (Å²) in [6, 6.07) is 21.8. The predicted octanol–water partition coefficient (Wildman–Crippen LogP) is 5.97. The predicted molar refractivity (Wildman–Crippen MR) is 131 cm³/mol. The monoisotopic (exact) mass is 459 g/mol. The molecule has 0 atom stereocenters. The van der Waals surface area contributed by atoms with Crippen LogP contribution in [0.3, 0.4) is 0 Å². The number of para-hydroxylation sites is 1. The van der Waals surface area contributed by atoms with Crippen LogP contribution in [0.2, 0.25) is 5.02 Å². The minimum absolute atomic E-state index is 0.0654. The third-order valence-corrected chi connectivity index (χ3v) is 6.42. The van der Waals surface area contributed by atoms with E-state index >= 15 is 0 Å². The van der Waals surface area contributed by atoms with Crippen molar-refractivity contribution >= 4 is 34.1 Å². The Kier molecular flexibility index (Phi) is 5.73. The molecule has 0 spiro atoms. The standard InChI is InChI=1S/C27H23ClFN3O/c1-18-10-11-24-20(16-18)21(17-25(30-24)19-6-2-4-8-23(19)29)27(33)32-14-12-31(13-15-32)26-9-5-3-7-22(26)28/h2-11,16-17H,12-15H2,1H3.